The van der Waals surface area contributed by atoms with E-state index in [2.05, 4.69) is 90.1 Å². The van der Waals surface area contributed by atoms with Crippen LogP contribution in [-0.4, -0.2) is 54.6 Å². The molecular formula is C35H39F9Mo2N2O7. The normalized spacial score (nSPS) is 10.6. The fourth-order valence-corrected chi connectivity index (χ4v) is 3.80. The van der Waals surface area contributed by atoms with E-state index in [1.54, 1.807) is 0 Å². The number of pyridine rings is 1. The number of aryl methyl sites for hydroxylation is 2. The Morgan fingerprint density at radius 3 is 1.22 bits per heavy atom. The van der Waals surface area contributed by atoms with Crippen LogP contribution in [0.5, 0.6) is 0 Å². The van der Waals surface area contributed by atoms with Gasteiger partial charge in [0.15, 0.2) is 0 Å². The first kappa shape index (κ1) is 58.2. The van der Waals surface area contributed by atoms with Crippen molar-refractivity contribution in [2.45, 2.75) is 85.8 Å². The van der Waals surface area contributed by atoms with E-state index in [4.69, 9.17) is 44.7 Å². The molecule has 0 saturated heterocycles. The summed E-state index contributed by atoms with van der Waals surface area (Å²) in [6.45, 7) is 18.8. The van der Waals surface area contributed by atoms with Crippen molar-refractivity contribution in [3.8, 4) is 11.3 Å². The Labute approximate surface area is 341 Å². The van der Waals surface area contributed by atoms with Crippen LogP contribution in [0, 0.1) is 13.8 Å². The molecule has 0 aliphatic carbocycles. The molecular weight excluding hydrogens is 923 g/mol. The molecule has 1 aromatic heterocycles. The summed E-state index contributed by atoms with van der Waals surface area (Å²) in [5, 5.41) is 31.4. The van der Waals surface area contributed by atoms with E-state index >= 15 is 0 Å². The Balaban J connectivity index is -0.000000380. The molecule has 2 aromatic carbocycles. The summed E-state index contributed by atoms with van der Waals surface area (Å²) in [4.78, 5) is 31.2. The second-order valence-corrected chi connectivity index (χ2v) is 11.0. The van der Waals surface area contributed by atoms with Crippen molar-refractivity contribution in [2.75, 3.05) is 13.2 Å². The minimum absolute atomic E-state index is 0. The number of carboxylic acid groups (broad SMARTS) is 3. The van der Waals surface area contributed by atoms with Crippen molar-refractivity contribution in [1.29, 1.82) is 0 Å². The molecule has 0 bridgehead atoms. The first-order valence-electron chi connectivity index (χ1n) is 15.4. The van der Waals surface area contributed by atoms with E-state index in [-0.39, 0.29) is 42.1 Å². The van der Waals surface area contributed by atoms with Crippen LogP contribution in [0.25, 0.3) is 16.6 Å². The van der Waals surface area contributed by atoms with Crippen molar-refractivity contribution in [2.24, 2.45) is 0 Å². The van der Waals surface area contributed by atoms with E-state index in [1.165, 1.54) is 27.8 Å². The smallest absolute Gasteiger partial charge is 0.542 e. The standard InChI is InChI=1S/C25H29N2.C4H10O.3C2HF3O2.2Mo/c1-16(2)20-12-8-13-21(17(3)4)25(20)27-23-15-9-14-22(26-23)24-18(5)10-7-11-19(24)6;1-3-5-4-2;3*3-2(4,5)1(6)7;;/h7-17H,1-6H3;3-4H2,1-2H3;3*(H,6,7);;/q-1;;;;;2*+2/p-3. The summed E-state index contributed by atoms with van der Waals surface area (Å²) in [6.07, 6.45) is -15.6. The van der Waals surface area contributed by atoms with Gasteiger partial charge in [0.2, 0.25) is 0 Å². The number of hydrogen-bond acceptors (Lipinski definition) is 8. The molecule has 1 heterocycles. The SMILES string of the molecule is CCOCC.Cc1cccc(C)c1-c1cccc([N-]c2c(C(C)C)cccc2C(C)C)n1.O=C([O-])C(F)(F)F.O=C([O-])C(F)(F)F.O=C([O-])C(F)(F)F.[Mo+2].[Mo+2]. The topological polar surface area (TPSA) is 157 Å². The van der Waals surface area contributed by atoms with Crippen LogP contribution in [0.3, 0.4) is 0 Å². The van der Waals surface area contributed by atoms with Crippen LogP contribution in [-0.2, 0) is 61.3 Å². The molecule has 3 rings (SSSR count). The molecule has 20 heteroatoms. The van der Waals surface area contributed by atoms with Crippen molar-refractivity contribution < 1.29 is 116 Å². The fraction of sp³-hybridized carbons (Fsp3) is 0.429. The molecule has 0 amide bonds. The molecule has 3 aromatic rings. The van der Waals surface area contributed by atoms with Gasteiger partial charge in [-0.25, -0.2) is 0 Å². The van der Waals surface area contributed by atoms with Crippen molar-refractivity contribution in [1.82, 2.24) is 4.98 Å². The average Bonchev–Trinajstić information content (AvgIpc) is 3.01. The van der Waals surface area contributed by atoms with Gasteiger partial charge in [-0.15, -0.1) is 0 Å². The summed E-state index contributed by atoms with van der Waals surface area (Å²) in [7, 11) is 0. The monoisotopic (exact) mass is 966 g/mol. The molecule has 0 spiro atoms. The maximum absolute atomic E-state index is 10.5. The van der Waals surface area contributed by atoms with Gasteiger partial charge in [-0.2, -0.15) is 39.5 Å². The summed E-state index contributed by atoms with van der Waals surface area (Å²) in [5.41, 5.74) is 8.31. The number of benzene rings is 2. The van der Waals surface area contributed by atoms with Gasteiger partial charge >= 0.3 is 60.7 Å². The van der Waals surface area contributed by atoms with Gasteiger partial charge < -0.3 is 44.7 Å². The maximum atomic E-state index is 10.5. The van der Waals surface area contributed by atoms with Gasteiger partial charge in [-0.05, 0) is 78.7 Å². The second-order valence-electron chi connectivity index (χ2n) is 11.0. The number of ether oxygens (including phenoxy) is 1. The zero-order valence-electron chi connectivity index (χ0n) is 30.7. The number of aliphatic carboxylic acids is 3. The van der Waals surface area contributed by atoms with Crippen molar-refractivity contribution in [3.05, 3.63) is 82.2 Å². The Hall–Kier alpha value is -3.49. The first-order valence-corrected chi connectivity index (χ1v) is 15.4. The number of carbonyl (C=O) groups excluding carboxylic acids is 3. The number of aromatic nitrogens is 1. The largest absolute Gasteiger partial charge is 2.00 e. The zero-order valence-corrected chi connectivity index (χ0v) is 34.7. The van der Waals surface area contributed by atoms with E-state index in [9.17, 15) is 39.5 Å². The Kier molecular flexibility index (Phi) is 28.8. The number of nitrogens with zero attached hydrogens (tertiary/aromatic N) is 2. The average molecular weight is 963 g/mol. The van der Waals surface area contributed by atoms with E-state index in [0.717, 1.165) is 30.4 Å². The third kappa shape index (κ3) is 23.9. The van der Waals surface area contributed by atoms with Crippen LogP contribution in [0.2, 0.25) is 0 Å². The van der Waals surface area contributed by atoms with E-state index in [1.807, 2.05) is 19.9 Å². The number of para-hydroxylation sites is 1. The van der Waals surface area contributed by atoms with Gasteiger partial charge in [0.25, 0.3) is 0 Å². The van der Waals surface area contributed by atoms with E-state index < -0.39 is 36.4 Å². The van der Waals surface area contributed by atoms with Crippen LogP contribution in [0.1, 0.15) is 75.6 Å². The van der Waals surface area contributed by atoms with Crippen molar-refractivity contribution in [3.63, 3.8) is 0 Å². The molecule has 0 aliphatic rings. The number of hydrogen-bond donors (Lipinski definition) is 0. The van der Waals surface area contributed by atoms with Gasteiger partial charge in [-0.1, -0.05) is 88.1 Å². The Morgan fingerprint density at radius 1 is 0.636 bits per heavy atom. The van der Waals surface area contributed by atoms with E-state index in [0.29, 0.717) is 11.8 Å². The molecule has 0 aliphatic heterocycles. The molecule has 306 valence electrons. The summed E-state index contributed by atoms with van der Waals surface area (Å²) in [6, 6.07) is 19.0. The molecule has 0 saturated carbocycles. The predicted molar refractivity (Wildman–Crippen MR) is 172 cm³/mol. The summed E-state index contributed by atoms with van der Waals surface area (Å²) >= 11 is 0. The number of alkyl halides is 9. The van der Waals surface area contributed by atoms with Crippen LogP contribution >= 0.6 is 0 Å². The minimum atomic E-state index is -5.19. The molecule has 55 heavy (non-hydrogen) atoms. The summed E-state index contributed by atoms with van der Waals surface area (Å²) in [5.74, 6) is -7.41. The Morgan fingerprint density at radius 2 is 0.945 bits per heavy atom. The molecule has 0 unspecified atom stereocenters. The van der Waals surface area contributed by atoms with Crippen LogP contribution in [0.15, 0.2) is 54.6 Å². The first-order chi connectivity index (χ1) is 24.1. The van der Waals surface area contributed by atoms with Gasteiger partial charge in [0.05, 0.1) is 0 Å². The molecule has 0 fully saturated rings. The minimum Gasteiger partial charge on any atom is -0.542 e. The second kappa shape index (κ2) is 27.2. The van der Waals surface area contributed by atoms with Crippen LogP contribution in [0.4, 0.5) is 51.0 Å². The van der Waals surface area contributed by atoms with Crippen molar-refractivity contribution >= 4 is 29.4 Å². The number of carboxylic acids is 3. The maximum Gasteiger partial charge on any atom is 2.00 e. The third-order valence-electron chi connectivity index (χ3n) is 6.14. The number of rotatable bonds is 7. The molecule has 0 N–H and O–H groups in total. The van der Waals surface area contributed by atoms with Gasteiger partial charge in [0.1, 0.15) is 17.9 Å². The zero-order chi connectivity index (χ0) is 41.9. The molecule has 0 atom stereocenters. The Bertz CT molecular complexity index is 1500. The predicted octanol–water partition coefficient (Wildman–Crippen LogP) is 6.88. The quantitative estimate of drug-likeness (QED) is 0.183. The fourth-order valence-electron chi connectivity index (χ4n) is 3.80. The van der Waals surface area contributed by atoms with Gasteiger partial charge in [-0.3, -0.25) is 0 Å². The summed E-state index contributed by atoms with van der Waals surface area (Å²) < 4.78 is 99.5. The third-order valence-corrected chi connectivity index (χ3v) is 6.14. The number of halogens is 9. The number of carbonyl (C=O) groups is 3. The van der Waals surface area contributed by atoms with Gasteiger partial charge in [0, 0.05) is 13.2 Å². The molecule has 9 nitrogen and oxygen atoms in total. The molecule has 0 radical (unpaired) electrons. The van der Waals surface area contributed by atoms with Crippen LogP contribution < -0.4 is 15.3 Å².